The Morgan fingerprint density at radius 1 is 1.21 bits per heavy atom. The van der Waals surface area contributed by atoms with Crippen molar-refractivity contribution in [1.82, 2.24) is 9.88 Å². The first-order chi connectivity index (χ1) is 11.5. The monoisotopic (exact) mass is 346 g/mol. The highest BCUT2D eigenvalue weighted by Crippen LogP contribution is 2.22. The van der Waals surface area contributed by atoms with Gasteiger partial charge in [0, 0.05) is 13.1 Å². The van der Waals surface area contributed by atoms with Crippen LogP contribution in [0.3, 0.4) is 0 Å². The van der Waals surface area contributed by atoms with Crippen LogP contribution in [-0.4, -0.2) is 28.9 Å². The zero-order valence-corrected chi connectivity index (χ0v) is 15.8. The van der Waals surface area contributed by atoms with Gasteiger partial charge in [0.25, 0.3) is 5.91 Å². The van der Waals surface area contributed by atoms with Crippen molar-refractivity contribution in [2.75, 3.05) is 13.1 Å². The molecule has 0 saturated carbocycles. The molecule has 0 unspecified atom stereocenters. The highest BCUT2D eigenvalue weighted by atomic mass is 32.1. The predicted octanol–water partition coefficient (Wildman–Crippen LogP) is 4.60. The van der Waals surface area contributed by atoms with E-state index in [0.717, 1.165) is 47.3 Å². The van der Waals surface area contributed by atoms with Crippen LogP contribution in [-0.2, 0) is 6.61 Å². The minimum atomic E-state index is 0.0857. The van der Waals surface area contributed by atoms with Gasteiger partial charge in [-0.1, -0.05) is 31.0 Å². The molecular weight excluding hydrogens is 320 g/mol. The molecule has 2 rings (SSSR count). The SMILES string of the molecule is CCCCN(CC)C(=O)c1sc(COc2ccc(C)cc2)nc1C. The van der Waals surface area contributed by atoms with Crippen LogP contribution in [0.25, 0.3) is 0 Å². The molecule has 0 N–H and O–H groups in total. The zero-order valence-electron chi connectivity index (χ0n) is 15.0. The van der Waals surface area contributed by atoms with Gasteiger partial charge >= 0.3 is 0 Å². The van der Waals surface area contributed by atoms with E-state index in [1.54, 1.807) is 0 Å². The van der Waals surface area contributed by atoms with Gasteiger partial charge < -0.3 is 9.64 Å². The van der Waals surface area contributed by atoms with Gasteiger partial charge in [0.1, 0.15) is 22.2 Å². The third kappa shape index (κ3) is 4.81. The summed E-state index contributed by atoms with van der Waals surface area (Å²) < 4.78 is 5.77. The van der Waals surface area contributed by atoms with Crippen LogP contribution in [0.5, 0.6) is 5.75 Å². The molecule has 2 aromatic rings. The zero-order chi connectivity index (χ0) is 17.5. The number of amides is 1. The van der Waals surface area contributed by atoms with Gasteiger partial charge in [-0.15, -0.1) is 11.3 Å². The van der Waals surface area contributed by atoms with Crippen molar-refractivity contribution in [2.45, 2.75) is 47.1 Å². The second-order valence-electron chi connectivity index (χ2n) is 5.86. The highest BCUT2D eigenvalue weighted by Gasteiger charge is 2.20. The van der Waals surface area contributed by atoms with E-state index in [1.165, 1.54) is 16.9 Å². The van der Waals surface area contributed by atoms with Gasteiger partial charge in [-0.05, 0) is 39.3 Å². The maximum atomic E-state index is 12.7. The first kappa shape index (κ1) is 18.5. The fourth-order valence-electron chi connectivity index (χ4n) is 2.39. The Balaban J connectivity index is 2.03. The van der Waals surface area contributed by atoms with Crippen LogP contribution in [0, 0.1) is 13.8 Å². The fraction of sp³-hybridized carbons (Fsp3) is 0.474. The van der Waals surface area contributed by atoms with Crippen molar-refractivity contribution in [3.05, 3.63) is 45.4 Å². The highest BCUT2D eigenvalue weighted by molar-refractivity contribution is 7.13. The van der Waals surface area contributed by atoms with Crippen LogP contribution in [0.4, 0.5) is 0 Å². The van der Waals surface area contributed by atoms with Crippen LogP contribution < -0.4 is 4.74 Å². The molecule has 1 amide bonds. The minimum absolute atomic E-state index is 0.0857. The predicted molar refractivity (Wildman–Crippen MR) is 98.8 cm³/mol. The maximum Gasteiger partial charge on any atom is 0.265 e. The molecule has 0 atom stereocenters. The molecule has 24 heavy (non-hydrogen) atoms. The van der Waals surface area contributed by atoms with Crippen LogP contribution in [0.2, 0.25) is 0 Å². The number of hydrogen-bond donors (Lipinski definition) is 0. The van der Waals surface area contributed by atoms with E-state index in [2.05, 4.69) is 11.9 Å². The number of benzene rings is 1. The number of aryl methyl sites for hydroxylation is 2. The fourth-order valence-corrected chi connectivity index (χ4v) is 3.33. The molecule has 0 spiro atoms. The second-order valence-corrected chi connectivity index (χ2v) is 6.95. The lowest BCUT2D eigenvalue weighted by atomic mass is 10.2. The van der Waals surface area contributed by atoms with E-state index < -0.39 is 0 Å². The molecule has 0 fully saturated rings. The minimum Gasteiger partial charge on any atom is -0.486 e. The number of thiazole rings is 1. The lowest BCUT2D eigenvalue weighted by molar-refractivity contribution is 0.0766. The summed E-state index contributed by atoms with van der Waals surface area (Å²) in [6.45, 7) is 10.0. The van der Waals surface area contributed by atoms with E-state index >= 15 is 0 Å². The van der Waals surface area contributed by atoms with Gasteiger partial charge in [0.2, 0.25) is 0 Å². The van der Waals surface area contributed by atoms with Gasteiger partial charge in [-0.25, -0.2) is 4.98 Å². The third-order valence-electron chi connectivity index (χ3n) is 3.87. The Morgan fingerprint density at radius 3 is 2.54 bits per heavy atom. The molecule has 4 nitrogen and oxygen atoms in total. The molecule has 0 saturated heterocycles. The normalized spacial score (nSPS) is 10.7. The molecule has 130 valence electrons. The number of carbonyl (C=O) groups excluding carboxylic acids is 1. The number of unbranched alkanes of at least 4 members (excludes halogenated alkanes) is 1. The molecule has 1 aromatic carbocycles. The standard InChI is InChI=1S/C19H26N2O2S/c1-5-7-12-21(6-2)19(22)18-15(4)20-17(24-18)13-23-16-10-8-14(3)9-11-16/h8-11H,5-7,12-13H2,1-4H3. The Kier molecular flexibility index (Phi) is 6.79. The van der Waals surface area contributed by atoms with E-state index in [0.29, 0.717) is 6.61 Å². The molecule has 0 aliphatic carbocycles. The van der Waals surface area contributed by atoms with Crippen molar-refractivity contribution in [1.29, 1.82) is 0 Å². The van der Waals surface area contributed by atoms with Gasteiger partial charge in [-0.2, -0.15) is 0 Å². The van der Waals surface area contributed by atoms with Crippen molar-refractivity contribution in [3.63, 3.8) is 0 Å². The van der Waals surface area contributed by atoms with E-state index in [-0.39, 0.29) is 5.91 Å². The topological polar surface area (TPSA) is 42.4 Å². The summed E-state index contributed by atoms with van der Waals surface area (Å²) in [6.07, 6.45) is 2.11. The first-order valence-corrected chi connectivity index (χ1v) is 9.31. The number of rotatable bonds is 8. The molecule has 1 heterocycles. The van der Waals surface area contributed by atoms with E-state index in [9.17, 15) is 4.79 Å². The van der Waals surface area contributed by atoms with E-state index in [4.69, 9.17) is 4.74 Å². The lowest BCUT2D eigenvalue weighted by Crippen LogP contribution is -2.31. The molecule has 5 heteroatoms. The smallest absolute Gasteiger partial charge is 0.265 e. The molecule has 0 aliphatic heterocycles. The number of ether oxygens (including phenoxy) is 1. The van der Waals surface area contributed by atoms with E-state index in [1.807, 2.05) is 49.9 Å². The molecular formula is C19H26N2O2S. The summed E-state index contributed by atoms with van der Waals surface area (Å²) in [5, 5.41) is 0.836. The maximum absolute atomic E-state index is 12.7. The van der Waals surface area contributed by atoms with Crippen molar-refractivity contribution in [2.24, 2.45) is 0 Å². The molecule has 0 aliphatic rings. The van der Waals surface area contributed by atoms with Crippen molar-refractivity contribution in [3.8, 4) is 5.75 Å². The summed E-state index contributed by atoms with van der Waals surface area (Å²) in [4.78, 5) is 19.8. The quantitative estimate of drug-likeness (QED) is 0.701. The number of aromatic nitrogens is 1. The Labute approximate surface area is 148 Å². The van der Waals surface area contributed by atoms with Crippen LogP contribution in [0.15, 0.2) is 24.3 Å². The third-order valence-corrected chi connectivity index (χ3v) is 4.99. The number of nitrogens with zero attached hydrogens (tertiary/aromatic N) is 2. The van der Waals surface area contributed by atoms with Crippen molar-refractivity contribution < 1.29 is 9.53 Å². The lowest BCUT2D eigenvalue weighted by Gasteiger charge is -2.19. The molecule has 0 bridgehead atoms. The Hall–Kier alpha value is -1.88. The average Bonchev–Trinajstić information content (AvgIpc) is 2.95. The molecule has 0 radical (unpaired) electrons. The van der Waals surface area contributed by atoms with Gasteiger partial charge in [0.15, 0.2) is 0 Å². The Morgan fingerprint density at radius 2 is 1.92 bits per heavy atom. The number of hydrogen-bond acceptors (Lipinski definition) is 4. The summed E-state index contributed by atoms with van der Waals surface area (Å²) in [6, 6.07) is 7.94. The van der Waals surface area contributed by atoms with Gasteiger partial charge in [0.05, 0.1) is 5.69 Å². The largest absolute Gasteiger partial charge is 0.486 e. The van der Waals surface area contributed by atoms with Gasteiger partial charge in [-0.3, -0.25) is 4.79 Å². The Bertz CT molecular complexity index is 665. The van der Waals surface area contributed by atoms with Crippen molar-refractivity contribution >= 4 is 17.2 Å². The second kappa shape index (κ2) is 8.83. The first-order valence-electron chi connectivity index (χ1n) is 8.50. The average molecular weight is 346 g/mol. The van der Waals surface area contributed by atoms with Crippen LogP contribution >= 0.6 is 11.3 Å². The summed E-state index contributed by atoms with van der Waals surface area (Å²) in [7, 11) is 0. The summed E-state index contributed by atoms with van der Waals surface area (Å²) in [5.74, 6) is 0.905. The van der Waals surface area contributed by atoms with Crippen LogP contribution in [0.1, 0.15) is 52.6 Å². The number of carbonyl (C=O) groups is 1. The summed E-state index contributed by atoms with van der Waals surface area (Å²) in [5.41, 5.74) is 1.99. The summed E-state index contributed by atoms with van der Waals surface area (Å²) >= 11 is 1.44. The molecule has 1 aromatic heterocycles.